The molecular formula is C24H34O. The number of carbonyl (C=O) groups excluding carboxylic acids is 1. The highest BCUT2D eigenvalue weighted by molar-refractivity contribution is 5.96. The van der Waals surface area contributed by atoms with Crippen molar-refractivity contribution in [1.29, 1.82) is 0 Å². The van der Waals surface area contributed by atoms with E-state index in [1.165, 1.54) is 38.5 Å². The molecule has 2 unspecified atom stereocenters. The van der Waals surface area contributed by atoms with Crippen LogP contribution in [0.4, 0.5) is 0 Å². The van der Waals surface area contributed by atoms with E-state index in [-0.39, 0.29) is 5.78 Å². The summed E-state index contributed by atoms with van der Waals surface area (Å²) in [5.74, 6) is 1.15. The fourth-order valence-electron chi connectivity index (χ4n) is 4.03. The maximum absolute atomic E-state index is 12.7. The predicted octanol–water partition coefficient (Wildman–Crippen LogP) is 7.15. The van der Waals surface area contributed by atoms with Crippen molar-refractivity contribution in [2.75, 3.05) is 0 Å². The van der Waals surface area contributed by atoms with Crippen LogP contribution >= 0.6 is 0 Å². The molecule has 0 N–H and O–H groups in total. The molecular weight excluding hydrogens is 304 g/mol. The molecule has 1 aliphatic rings. The highest BCUT2D eigenvalue weighted by Gasteiger charge is 2.29. The lowest BCUT2D eigenvalue weighted by atomic mass is 9.71. The molecule has 0 saturated carbocycles. The van der Waals surface area contributed by atoms with Crippen LogP contribution in [0.3, 0.4) is 0 Å². The third-order valence-corrected chi connectivity index (χ3v) is 5.61. The molecule has 136 valence electrons. The van der Waals surface area contributed by atoms with Crippen molar-refractivity contribution in [3.63, 3.8) is 0 Å². The zero-order valence-electron chi connectivity index (χ0n) is 16.1. The van der Waals surface area contributed by atoms with Gasteiger partial charge in [0.15, 0.2) is 5.78 Å². The zero-order valence-corrected chi connectivity index (χ0v) is 16.1. The van der Waals surface area contributed by atoms with E-state index in [9.17, 15) is 4.79 Å². The number of allylic oxidation sites excluding steroid dienone is 3. The summed E-state index contributed by atoms with van der Waals surface area (Å²) in [7, 11) is 0. The third kappa shape index (κ3) is 5.70. The van der Waals surface area contributed by atoms with Crippen LogP contribution < -0.4 is 0 Å². The summed E-state index contributed by atoms with van der Waals surface area (Å²) < 4.78 is 0. The third-order valence-electron chi connectivity index (χ3n) is 5.61. The molecule has 25 heavy (non-hydrogen) atoms. The minimum absolute atomic E-state index is 0.282. The Morgan fingerprint density at radius 1 is 1.04 bits per heavy atom. The van der Waals surface area contributed by atoms with E-state index in [4.69, 9.17) is 0 Å². The van der Waals surface area contributed by atoms with E-state index in [2.05, 4.69) is 26.5 Å². The van der Waals surface area contributed by atoms with E-state index < -0.39 is 0 Å². The molecule has 0 aliphatic heterocycles. The van der Waals surface area contributed by atoms with Crippen molar-refractivity contribution >= 4 is 5.78 Å². The monoisotopic (exact) mass is 338 g/mol. The van der Waals surface area contributed by atoms with Crippen LogP contribution in [0.2, 0.25) is 0 Å². The van der Waals surface area contributed by atoms with Crippen molar-refractivity contribution in [2.45, 2.75) is 71.6 Å². The van der Waals surface area contributed by atoms with Gasteiger partial charge in [0.2, 0.25) is 0 Å². The normalized spacial score (nSPS) is 20.6. The lowest BCUT2D eigenvalue weighted by Gasteiger charge is -2.33. The number of Topliss-reactive ketones (excluding diaryl/α,β-unsaturated/α-hetero) is 1. The van der Waals surface area contributed by atoms with Gasteiger partial charge >= 0.3 is 0 Å². The summed E-state index contributed by atoms with van der Waals surface area (Å²) in [6, 6.07) is 9.75. The van der Waals surface area contributed by atoms with E-state index in [1.807, 2.05) is 30.3 Å². The molecule has 1 nitrogen and oxygen atoms in total. The van der Waals surface area contributed by atoms with Crippen LogP contribution in [-0.2, 0) is 0 Å². The summed E-state index contributed by atoms with van der Waals surface area (Å²) in [5.41, 5.74) is 4.17. The molecule has 1 aromatic rings. The quantitative estimate of drug-likeness (QED) is 0.327. The molecule has 1 heteroatoms. The van der Waals surface area contributed by atoms with Gasteiger partial charge in [-0.15, -0.1) is 6.58 Å². The Bertz CT molecular complexity index is 581. The molecule has 0 radical (unpaired) electrons. The van der Waals surface area contributed by atoms with Gasteiger partial charge in [0, 0.05) is 12.0 Å². The largest absolute Gasteiger partial charge is 0.294 e. The Balaban J connectivity index is 2.13. The molecule has 1 aliphatic carbocycles. The molecule has 0 aromatic heterocycles. The van der Waals surface area contributed by atoms with Crippen molar-refractivity contribution in [2.24, 2.45) is 11.8 Å². The van der Waals surface area contributed by atoms with Gasteiger partial charge in [-0.1, -0.05) is 74.2 Å². The Kier molecular flexibility index (Phi) is 8.18. The average molecular weight is 339 g/mol. The van der Waals surface area contributed by atoms with Crippen molar-refractivity contribution < 1.29 is 4.79 Å². The molecule has 2 rings (SSSR count). The molecule has 1 aromatic carbocycles. The van der Waals surface area contributed by atoms with E-state index >= 15 is 0 Å². The van der Waals surface area contributed by atoms with E-state index in [0.717, 1.165) is 18.4 Å². The van der Waals surface area contributed by atoms with E-state index in [1.54, 1.807) is 11.1 Å². The van der Waals surface area contributed by atoms with Gasteiger partial charge in [-0.2, -0.15) is 0 Å². The molecule has 0 saturated heterocycles. The molecule has 0 heterocycles. The number of unbranched alkanes of at least 4 members (excludes halogenated alkanes) is 2. The van der Waals surface area contributed by atoms with Crippen LogP contribution in [0.25, 0.3) is 0 Å². The van der Waals surface area contributed by atoms with Crippen molar-refractivity contribution in [1.82, 2.24) is 0 Å². The fourth-order valence-corrected chi connectivity index (χ4v) is 4.03. The molecule has 2 atom stereocenters. The molecule has 0 amide bonds. The Morgan fingerprint density at radius 2 is 1.64 bits per heavy atom. The van der Waals surface area contributed by atoms with Gasteiger partial charge in [-0.3, -0.25) is 4.79 Å². The summed E-state index contributed by atoms with van der Waals surface area (Å²) in [6.07, 6.45) is 12.5. The first-order valence-electron chi connectivity index (χ1n) is 10.1. The summed E-state index contributed by atoms with van der Waals surface area (Å²) in [6.45, 7) is 8.61. The first-order chi connectivity index (χ1) is 12.2. The van der Waals surface area contributed by atoms with Gasteiger partial charge in [-0.25, -0.2) is 0 Å². The van der Waals surface area contributed by atoms with E-state index in [0.29, 0.717) is 18.3 Å². The minimum Gasteiger partial charge on any atom is -0.294 e. The first-order valence-corrected chi connectivity index (χ1v) is 10.1. The fraction of sp³-hybridized carbons (Fsp3) is 0.542. The number of carbonyl (C=O) groups is 1. The second-order valence-corrected chi connectivity index (χ2v) is 7.48. The number of hydrogen-bond acceptors (Lipinski definition) is 1. The topological polar surface area (TPSA) is 17.1 Å². The predicted molar refractivity (Wildman–Crippen MR) is 108 cm³/mol. The smallest absolute Gasteiger partial charge is 0.163 e. The standard InChI is InChI=1S/C24H34O/c1-4-7-12-21-16-19(6-3)23(17-22(21)13-8-5-2)18-24(25)20-14-10-9-11-15-20/h6,9-11,14-15,19,23H,3-5,7-8,12-13,16-18H2,1-2H3. The van der Waals surface area contributed by atoms with Crippen LogP contribution in [0.15, 0.2) is 54.1 Å². The number of ketones is 1. The highest BCUT2D eigenvalue weighted by atomic mass is 16.1. The van der Waals surface area contributed by atoms with Crippen LogP contribution in [0, 0.1) is 11.8 Å². The summed E-state index contributed by atoms with van der Waals surface area (Å²) in [4.78, 5) is 12.7. The van der Waals surface area contributed by atoms with Crippen molar-refractivity contribution in [3.05, 3.63) is 59.7 Å². The lowest BCUT2D eigenvalue weighted by molar-refractivity contribution is 0.0946. The Hall–Kier alpha value is -1.63. The minimum atomic E-state index is 0.282. The van der Waals surface area contributed by atoms with Gasteiger partial charge in [-0.05, 0) is 50.4 Å². The van der Waals surface area contributed by atoms with Gasteiger partial charge in [0.1, 0.15) is 0 Å². The van der Waals surface area contributed by atoms with Crippen LogP contribution in [0.1, 0.15) is 82.0 Å². The van der Waals surface area contributed by atoms with Gasteiger partial charge in [0.05, 0.1) is 0 Å². The Labute approximate surface area is 154 Å². The zero-order chi connectivity index (χ0) is 18.1. The van der Waals surface area contributed by atoms with Crippen LogP contribution in [0.5, 0.6) is 0 Å². The van der Waals surface area contributed by atoms with Crippen molar-refractivity contribution in [3.8, 4) is 0 Å². The van der Waals surface area contributed by atoms with Gasteiger partial charge in [0.25, 0.3) is 0 Å². The second-order valence-electron chi connectivity index (χ2n) is 7.48. The lowest BCUT2D eigenvalue weighted by Crippen LogP contribution is -2.23. The number of benzene rings is 1. The first kappa shape index (κ1) is 19.7. The van der Waals surface area contributed by atoms with Gasteiger partial charge < -0.3 is 0 Å². The average Bonchev–Trinajstić information content (AvgIpc) is 2.65. The summed E-state index contributed by atoms with van der Waals surface area (Å²) >= 11 is 0. The molecule has 0 fully saturated rings. The molecule has 0 spiro atoms. The number of hydrogen-bond donors (Lipinski definition) is 0. The molecule has 0 bridgehead atoms. The highest BCUT2D eigenvalue weighted by Crippen LogP contribution is 2.41. The maximum atomic E-state index is 12.7. The number of rotatable bonds is 10. The summed E-state index contributed by atoms with van der Waals surface area (Å²) in [5, 5.41) is 0. The Morgan fingerprint density at radius 3 is 2.20 bits per heavy atom. The van der Waals surface area contributed by atoms with Crippen LogP contribution in [-0.4, -0.2) is 5.78 Å². The SMILES string of the molecule is C=CC1CC(CCCC)=C(CCCC)CC1CC(=O)c1ccccc1. The second kappa shape index (κ2) is 10.4. The maximum Gasteiger partial charge on any atom is 0.163 e.